The largest absolute Gasteiger partial charge is 0.387 e. The second kappa shape index (κ2) is 14.1. The van der Waals surface area contributed by atoms with Crippen molar-refractivity contribution in [1.29, 1.82) is 0 Å². The van der Waals surface area contributed by atoms with Gasteiger partial charge in [-0.15, -0.1) is 0 Å². The molecule has 0 atom stereocenters. The molecule has 0 unspecified atom stereocenters. The number of benzene rings is 1. The van der Waals surface area contributed by atoms with Gasteiger partial charge in [-0.3, -0.25) is 19.2 Å². The Hall–Kier alpha value is -2.98. The number of nitrogens with one attached hydrogen (secondary N) is 3. The highest BCUT2D eigenvalue weighted by Crippen LogP contribution is 2.08. The van der Waals surface area contributed by atoms with Crippen LogP contribution in [0.25, 0.3) is 0 Å². The van der Waals surface area contributed by atoms with Gasteiger partial charge in [0.15, 0.2) is 0 Å². The van der Waals surface area contributed by atoms with E-state index in [4.69, 9.17) is 9.84 Å². The van der Waals surface area contributed by atoms with Crippen molar-refractivity contribution < 1.29 is 29.0 Å². The maximum Gasteiger partial charge on any atom is 0.253 e. The minimum absolute atomic E-state index is 0.0493. The topological polar surface area (TPSA) is 137 Å². The minimum Gasteiger partial charge on any atom is -0.387 e. The monoisotopic (exact) mass is 436 g/mol. The van der Waals surface area contributed by atoms with Crippen LogP contribution in [0.5, 0.6) is 0 Å². The first-order valence-corrected chi connectivity index (χ1v) is 10.1. The van der Waals surface area contributed by atoms with E-state index in [1.165, 1.54) is 12.0 Å². The summed E-state index contributed by atoms with van der Waals surface area (Å²) < 4.78 is 4.75. The van der Waals surface area contributed by atoms with E-state index >= 15 is 0 Å². The van der Waals surface area contributed by atoms with E-state index in [1.807, 2.05) is 13.8 Å². The summed E-state index contributed by atoms with van der Waals surface area (Å²) in [6.07, 6.45) is 0. The van der Waals surface area contributed by atoms with Gasteiger partial charge in [0.1, 0.15) is 13.2 Å². The predicted octanol–water partition coefficient (Wildman–Crippen LogP) is -0.728. The molecule has 0 aliphatic carbocycles. The first-order chi connectivity index (χ1) is 14.8. The van der Waals surface area contributed by atoms with E-state index in [-0.39, 0.29) is 56.4 Å². The lowest BCUT2D eigenvalue weighted by Gasteiger charge is -2.23. The first-order valence-electron chi connectivity index (χ1n) is 10.1. The van der Waals surface area contributed by atoms with Crippen LogP contribution in [-0.2, 0) is 25.7 Å². The molecule has 0 radical (unpaired) electrons. The zero-order valence-corrected chi connectivity index (χ0v) is 18.3. The second-order valence-electron chi connectivity index (χ2n) is 7.15. The first kappa shape index (κ1) is 26.1. The number of carbonyl (C=O) groups is 4. The highest BCUT2D eigenvalue weighted by Gasteiger charge is 2.16. The lowest BCUT2D eigenvalue weighted by Crippen LogP contribution is -2.43. The van der Waals surface area contributed by atoms with Crippen LogP contribution in [0.3, 0.4) is 0 Å². The number of hydrogen-bond acceptors (Lipinski definition) is 6. The van der Waals surface area contributed by atoms with E-state index in [1.54, 1.807) is 24.3 Å². The van der Waals surface area contributed by atoms with Crippen LogP contribution in [0.1, 0.15) is 29.8 Å². The highest BCUT2D eigenvalue weighted by molar-refractivity contribution is 5.94. The number of ether oxygens (including phenoxy) is 1. The van der Waals surface area contributed by atoms with Gasteiger partial charge < -0.3 is 30.7 Å². The minimum atomic E-state index is -0.629. The van der Waals surface area contributed by atoms with Crippen LogP contribution in [0.4, 0.5) is 0 Å². The van der Waals surface area contributed by atoms with Crippen LogP contribution in [0, 0.1) is 5.92 Å². The zero-order chi connectivity index (χ0) is 23.2. The molecule has 0 aromatic heterocycles. The summed E-state index contributed by atoms with van der Waals surface area (Å²) >= 11 is 0. The van der Waals surface area contributed by atoms with Gasteiger partial charge >= 0.3 is 0 Å². The smallest absolute Gasteiger partial charge is 0.253 e. The molecule has 10 nitrogen and oxygen atoms in total. The van der Waals surface area contributed by atoms with Crippen molar-refractivity contribution in [2.24, 2.45) is 5.92 Å². The van der Waals surface area contributed by atoms with Crippen LogP contribution in [0.15, 0.2) is 24.3 Å². The van der Waals surface area contributed by atoms with Crippen molar-refractivity contribution in [3.8, 4) is 0 Å². The number of nitrogens with zero attached hydrogens (tertiary/aromatic N) is 1. The summed E-state index contributed by atoms with van der Waals surface area (Å²) in [6, 6.07) is 6.86. The quantitative estimate of drug-likeness (QED) is 0.322. The van der Waals surface area contributed by atoms with Crippen molar-refractivity contribution in [1.82, 2.24) is 20.9 Å². The summed E-state index contributed by atoms with van der Waals surface area (Å²) in [6.45, 7) is 4.11. The summed E-state index contributed by atoms with van der Waals surface area (Å²) in [5.74, 6) is -1.25. The molecule has 0 spiro atoms. The fourth-order valence-corrected chi connectivity index (χ4v) is 2.55. The number of aliphatic hydroxyl groups is 1. The van der Waals surface area contributed by atoms with E-state index in [2.05, 4.69) is 16.0 Å². The van der Waals surface area contributed by atoms with Crippen molar-refractivity contribution in [2.75, 3.05) is 46.5 Å². The number of methoxy groups -OCH3 is 1. The summed E-state index contributed by atoms with van der Waals surface area (Å²) in [4.78, 5) is 48.9. The highest BCUT2D eigenvalue weighted by atomic mass is 16.5. The number of hydrogen-bond donors (Lipinski definition) is 4. The molecule has 0 heterocycles. The molecule has 0 fully saturated rings. The molecule has 10 heteroatoms. The number of aliphatic hydroxyl groups excluding tert-OH is 1. The van der Waals surface area contributed by atoms with Gasteiger partial charge in [0.25, 0.3) is 5.91 Å². The SMILES string of the molecule is COCC(=O)NCCN(CCNC(=O)CO)C(=O)c1ccc(CNC(=O)C(C)C)cc1. The predicted molar refractivity (Wildman–Crippen MR) is 114 cm³/mol. The maximum absolute atomic E-state index is 12.9. The molecule has 1 aromatic carbocycles. The van der Waals surface area contributed by atoms with Gasteiger partial charge in [0.2, 0.25) is 17.7 Å². The van der Waals surface area contributed by atoms with Gasteiger partial charge in [-0.2, -0.15) is 0 Å². The van der Waals surface area contributed by atoms with Gasteiger partial charge in [0.05, 0.1) is 0 Å². The van der Waals surface area contributed by atoms with Crippen LogP contribution < -0.4 is 16.0 Å². The molecule has 0 saturated carbocycles. The Bertz CT molecular complexity index is 736. The fraction of sp³-hybridized carbons (Fsp3) is 0.524. The third kappa shape index (κ3) is 10.1. The molecule has 0 bridgehead atoms. The molecule has 31 heavy (non-hydrogen) atoms. The van der Waals surface area contributed by atoms with Gasteiger partial charge in [-0.05, 0) is 17.7 Å². The molecule has 0 aliphatic rings. The van der Waals surface area contributed by atoms with E-state index in [0.29, 0.717) is 12.1 Å². The van der Waals surface area contributed by atoms with Crippen LogP contribution in [0.2, 0.25) is 0 Å². The average Bonchev–Trinajstić information content (AvgIpc) is 2.76. The summed E-state index contributed by atoms with van der Waals surface area (Å²) in [5, 5.41) is 16.8. The number of carbonyl (C=O) groups excluding carboxylic acids is 4. The molecule has 172 valence electrons. The third-order valence-corrected chi connectivity index (χ3v) is 4.31. The molecule has 0 saturated heterocycles. The fourth-order valence-electron chi connectivity index (χ4n) is 2.55. The summed E-state index contributed by atoms with van der Waals surface area (Å²) in [5.41, 5.74) is 1.30. The van der Waals surface area contributed by atoms with Crippen molar-refractivity contribution in [3.05, 3.63) is 35.4 Å². The standard InChI is InChI=1S/C21H32N4O6/c1-15(2)20(29)24-12-16-4-6-17(7-5-16)21(30)25(10-8-22-18(27)13-26)11-9-23-19(28)14-31-3/h4-7,15,26H,8-14H2,1-3H3,(H,22,27)(H,23,28)(H,24,29). The third-order valence-electron chi connectivity index (χ3n) is 4.31. The van der Waals surface area contributed by atoms with Crippen molar-refractivity contribution in [2.45, 2.75) is 20.4 Å². The molecular weight excluding hydrogens is 404 g/mol. The van der Waals surface area contributed by atoms with Crippen LogP contribution >= 0.6 is 0 Å². The molecule has 1 rings (SSSR count). The van der Waals surface area contributed by atoms with Gasteiger partial charge in [0, 0.05) is 51.3 Å². The van der Waals surface area contributed by atoms with Gasteiger partial charge in [-0.25, -0.2) is 0 Å². The molecular formula is C21H32N4O6. The molecule has 1 aromatic rings. The Morgan fingerprint density at radius 2 is 1.55 bits per heavy atom. The second-order valence-corrected chi connectivity index (χ2v) is 7.15. The van der Waals surface area contributed by atoms with Crippen molar-refractivity contribution in [3.63, 3.8) is 0 Å². The Morgan fingerprint density at radius 3 is 2.06 bits per heavy atom. The van der Waals surface area contributed by atoms with Crippen molar-refractivity contribution >= 4 is 23.6 Å². The Labute approximate surface area is 182 Å². The Kier molecular flexibility index (Phi) is 11.9. The number of rotatable bonds is 13. The normalized spacial score (nSPS) is 10.5. The van der Waals surface area contributed by atoms with E-state index in [9.17, 15) is 19.2 Å². The number of amides is 4. The summed E-state index contributed by atoms with van der Waals surface area (Å²) in [7, 11) is 1.41. The van der Waals surface area contributed by atoms with E-state index < -0.39 is 12.5 Å². The lowest BCUT2D eigenvalue weighted by molar-refractivity contribution is -0.125. The Morgan fingerprint density at radius 1 is 0.968 bits per heavy atom. The van der Waals surface area contributed by atoms with Gasteiger partial charge in [-0.1, -0.05) is 26.0 Å². The Balaban J connectivity index is 2.73. The molecule has 0 aliphatic heterocycles. The molecule has 4 N–H and O–H groups in total. The van der Waals surface area contributed by atoms with E-state index in [0.717, 1.165) is 5.56 Å². The lowest BCUT2D eigenvalue weighted by atomic mass is 10.1. The zero-order valence-electron chi connectivity index (χ0n) is 18.3. The van der Waals surface area contributed by atoms with Crippen LogP contribution in [-0.4, -0.2) is 80.1 Å². The average molecular weight is 437 g/mol. The molecule has 4 amide bonds. The maximum atomic E-state index is 12.9.